The van der Waals surface area contributed by atoms with Crippen molar-refractivity contribution in [3.05, 3.63) is 18.2 Å². The second-order valence-corrected chi connectivity index (χ2v) is 5.95. The maximum absolute atomic E-state index is 12.1. The van der Waals surface area contributed by atoms with Gasteiger partial charge in [0.1, 0.15) is 15.8 Å². The first-order valence-electron chi connectivity index (χ1n) is 6.99. The summed E-state index contributed by atoms with van der Waals surface area (Å²) in [5.74, 6) is 1.37. The SMILES string of the molecule is CCN(CC)C(=S)SCC(=O)Nc1cc(OC)ccc1OC. The van der Waals surface area contributed by atoms with Crippen LogP contribution in [0.15, 0.2) is 18.2 Å². The largest absolute Gasteiger partial charge is 0.497 e. The number of carbonyl (C=O) groups is 1. The van der Waals surface area contributed by atoms with Gasteiger partial charge >= 0.3 is 0 Å². The quantitative estimate of drug-likeness (QED) is 0.769. The van der Waals surface area contributed by atoms with Crippen molar-refractivity contribution in [2.45, 2.75) is 13.8 Å². The summed E-state index contributed by atoms with van der Waals surface area (Å²) in [4.78, 5) is 14.1. The Kier molecular flexibility index (Phi) is 8.05. The van der Waals surface area contributed by atoms with E-state index in [9.17, 15) is 4.79 Å². The molecule has 0 spiro atoms. The van der Waals surface area contributed by atoms with Crippen LogP contribution >= 0.6 is 24.0 Å². The summed E-state index contributed by atoms with van der Waals surface area (Å²) in [6, 6.07) is 5.25. The number of thiocarbonyl (C=S) groups is 1. The first kappa shape index (κ1) is 18.6. The number of rotatable bonds is 7. The van der Waals surface area contributed by atoms with Gasteiger partial charge in [-0.25, -0.2) is 0 Å². The van der Waals surface area contributed by atoms with Gasteiger partial charge in [0.15, 0.2) is 0 Å². The molecule has 22 heavy (non-hydrogen) atoms. The molecule has 0 aromatic heterocycles. The third kappa shape index (κ3) is 5.38. The molecule has 7 heteroatoms. The van der Waals surface area contributed by atoms with Crippen LogP contribution in [-0.2, 0) is 4.79 Å². The van der Waals surface area contributed by atoms with Crippen molar-refractivity contribution >= 4 is 39.9 Å². The molecule has 0 aliphatic heterocycles. The van der Waals surface area contributed by atoms with Gasteiger partial charge in [0.05, 0.1) is 25.7 Å². The van der Waals surface area contributed by atoms with Crippen molar-refractivity contribution in [3.8, 4) is 11.5 Å². The molecule has 0 saturated carbocycles. The van der Waals surface area contributed by atoms with Crippen LogP contribution in [0.5, 0.6) is 11.5 Å². The van der Waals surface area contributed by atoms with Crippen LogP contribution in [0.1, 0.15) is 13.8 Å². The summed E-state index contributed by atoms with van der Waals surface area (Å²) in [6.45, 7) is 5.76. The van der Waals surface area contributed by atoms with Gasteiger partial charge < -0.3 is 19.7 Å². The van der Waals surface area contributed by atoms with Crippen LogP contribution < -0.4 is 14.8 Å². The fourth-order valence-electron chi connectivity index (χ4n) is 1.80. The molecule has 0 bridgehead atoms. The fourth-order valence-corrected chi connectivity index (χ4v) is 3.00. The lowest BCUT2D eigenvalue weighted by Gasteiger charge is -2.20. The molecule has 0 atom stereocenters. The van der Waals surface area contributed by atoms with E-state index in [-0.39, 0.29) is 11.7 Å². The van der Waals surface area contributed by atoms with Gasteiger partial charge in [-0.3, -0.25) is 4.79 Å². The molecular formula is C15H22N2O3S2. The van der Waals surface area contributed by atoms with E-state index >= 15 is 0 Å². The summed E-state index contributed by atoms with van der Waals surface area (Å²) < 4.78 is 11.1. The zero-order valence-electron chi connectivity index (χ0n) is 13.3. The summed E-state index contributed by atoms with van der Waals surface area (Å²) in [5, 5.41) is 2.82. The standard InChI is InChI=1S/C15H22N2O3S2/c1-5-17(6-2)15(21)22-10-14(18)16-12-9-11(19-3)7-8-13(12)20-4/h7-9H,5-6,10H2,1-4H3,(H,16,18). The van der Waals surface area contributed by atoms with Crippen molar-refractivity contribution in [1.82, 2.24) is 4.90 Å². The van der Waals surface area contributed by atoms with Crippen LogP contribution in [0.25, 0.3) is 0 Å². The van der Waals surface area contributed by atoms with E-state index in [1.54, 1.807) is 32.4 Å². The van der Waals surface area contributed by atoms with Gasteiger partial charge in [-0.15, -0.1) is 0 Å². The zero-order chi connectivity index (χ0) is 16.5. The molecule has 1 rings (SSSR count). The minimum absolute atomic E-state index is 0.133. The lowest BCUT2D eigenvalue weighted by Crippen LogP contribution is -2.28. The number of nitrogens with one attached hydrogen (secondary N) is 1. The lowest BCUT2D eigenvalue weighted by atomic mass is 10.2. The van der Waals surface area contributed by atoms with Crippen LogP contribution in [0.3, 0.4) is 0 Å². The predicted molar refractivity (Wildman–Crippen MR) is 96.2 cm³/mol. The number of hydrogen-bond acceptors (Lipinski definition) is 5. The van der Waals surface area contributed by atoms with Gasteiger partial charge in [0.25, 0.3) is 0 Å². The maximum Gasteiger partial charge on any atom is 0.234 e. The molecule has 122 valence electrons. The van der Waals surface area contributed by atoms with Crippen molar-refractivity contribution in [1.29, 1.82) is 0 Å². The summed E-state index contributed by atoms with van der Waals surface area (Å²) in [6.07, 6.45) is 0. The molecule has 0 saturated heterocycles. The predicted octanol–water partition coefficient (Wildman–Crippen LogP) is 3.00. The Morgan fingerprint density at radius 2 is 1.95 bits per heavy atom. The van der Waals surface area contributed by atoms with E-state index in [1.165, 1.54) is 11.8 Å². The minimum atomic E-state index is -0.133. The van der Waals surface area contributed by atoms with E-state index < -0.39 is 0 Å². The molecule has 0 aliphatic carbocycles. The van der Waals surface area contributed by atoms with Gasteiger partial charge in [-0.1, -0.05) is 24.0 Å². The number of methoxy groups -OCH3 is 2. The van der Waals surface area contributed by atoms with Gasteiger partial charge in [-0.05, 0) is 26.0 Å². The number of carbonyl (C=O) groups excluding carboxylic acids is 1. The summed E-state index contributed by atoms with van der Waals surface area (Å²) in [7, 11) is 3.13. The Hall–Kier alpha value is -1.47. The third-order valence-corrected chi connectivity index (χ3v) is 4.55. The molecule has 1 aromatic rings. The van der Waals surface area contributed by atoms with Crippen LogP contribution in [0, 0.1) is 0 Å². The number of anilines is 1. The van der Waals surface area contributed by atoms with Crippen molar-refractivity contribution in [3.63, 3.8) is 0 Å². The summed E-state index contributed by atoms with van der Waals surface area (Å²) in [5.41, 5.74) is 0.584. The Morgan fingerprint density at radius 3 is 2.50 bits per heavy atom. The number of benzene rings is 1. The molecular weight excluding hydrogens is 320 g/mol. The number of hydrogen-bond donors (Lipinski definition) is 1. The molecule has 0 fully saturated rings. The van der Waals surface area contributed by atoms with Crippen LogP contribution in [-0.4, -0.2) is 48.2 Å². The highest BCUT2D eigenvalue weighted by Gasteiger charge is 2.12. The second-order valence-electron chi connectivity index (χ2n) is 4.34. The van der Waals surface area contributed by atoms with E-state index in [0.717, 1.165) is 17.4 Å². The Morgan fingerprint density at radius 1 is 1.27 bits per heavy atom. The van der Waals surface area contributed by atoms with Crippen molar-refractivity contribution in [2.75, 3.05) is 38.4 Å². The normalized spacial score (nSPS) is 10.0. The number of nitrogens with zero attached hydrogens (tertiary/aromatic N) is 1. The molecule has 1 aromatic carbocycles. The smallest absolute Gasteiger partial charge is 0.234 e. The van der Waals surface area contributed by atoms with Gasteiger partial charge in [-0.2, -0.15) is 0 Å². The van der Waals surface area contributed by atoms with E-state index in [2.05, 4.69) is 5.32 Å². The highest BCUT2D eigenvalue weighted by atomic mass is 32.2. The Labute approximate surface area is 141 Å². The number of ether oxygens (including phenoxy) is 2. The number of amides is 1. The fraction of sp³-hybridized carbons (Fsp3) is 0.467. The minimum Gasteiger partial charge on any atom is -0.497 e. The monoisotopic (exact) mass is 342 g/mol. The van der Waals surface area contributed by atoms with Crippen molar-refractivity contribution < 1.29 is 14.3 Å². The molecule has 0 radical (unpaired) electrons. The van der Waals surface area contributed by atoms with E-state index in [1.807, 2.05) is 18.7 Å². The molecule has 0 heterocycles. The van der Waals surface area contributed by atoms with E-state index in [0.29, 0.717) is 17.2 Å². The number of thioether (sulfide) groups is 1. The van der Waals surface area contributed by atoms with E-state index in [4.69, 9.17) is 21.7 Å². The van der Waals surface area contributed by atoms with Crippen LogP contribution in [0.2, 0.25) is 0 Å². The van der Waals surface area contributed by atoms with Gasteiger partial charge in [0, 0.05) is 19.2 Å². The average molecular weight is 342 g/mol. The maximum atomic E-state index is 12.1. The highest BCUT2D eigenvalue weighted by molar-refractivity contribution is 8.23. The molecule has 0 aliphatic rings. The highest BCUT2D eigenvalue weighted by Crippen LogP contribution is 2.29. The molecule has 0 unspecified atom stereocenters. The molecule has 5 nitrogen and oxygen atoms in total. The first-order valence-corrected chi connectivity index (χ1v) is 8.38. The first-order chi connectivity index (χ1) is 10.5. The summed E-state index contributed by atoms with van der Waals surface area (Å²) >= 11 is 6.67. The third-order valence-electron chi connectivity index (χ3n) is 3.03. The average Bonchev–Trinajstić information content (AvgIpc) is 2.54. The van der Waals surface area contributed by atoms with Crippen LogP contribution in [0.4, 0.5) is 5.69 Å². The second kappa shape index (κ2) is 9.53. The molecule has 1 amide bonds. The zero-order valence-corrected chi connectivity index (χ0v) is 15.0. The molecule has 1 N–H and O–H groups in total. The Balaban J connectivity index is 2.63. The van der Waals surface area contributed by atoms with Crippen molar-refractivity contribution in [2.24, 2.45) is 0 Å². The lowest BCUT2D eigenvalue weighted by molar-refractivity contribution is -0.113. The topological polar surface area (TPSA) is 50.8 Å². The Bertz CT molecular complexity index is 520. The van der Waals surface area contributed by atoms with Gasteiger partial charge in [0.2, 0.25) is 5.91 Å².